The van der Waals surface area contributed by atoms with Gasteiger partial charge in [0.2, 0.25) is 5.91 Å². The minimum atomic E-state index is -0.996. The molecule has 1 rings (SSSR count). The van der Waals surface area contributed by atoms with Crippen LogP contribution in [0.2, 0.25) is 0 Å². The number of aliphatic carboxylic acids is 1. The van der Waals surface area contributed by atoms with Gasteiger partial charge in [-0.15, -0.1) is 0 Å². The summed E-state index contributed by atoms with van der Waals surface area (Å²) in [7, 11) is 0. The van der Waals surface area contributed by atoms with Crippen LogP contribution in [-0.2, 0) is 24.0 Å². The van der Waals surface area contributed by atoms with E-state index in [0.717, 1.165) is 51.4 Å². The fourth-order valence-corrected chi connectivity index (χ4v) is 6.27. The van der Waals surface area contributed by atoms with Crippen molar-refractivity contribution in [2.45, 2.75) is 174 Å². The molecule has 43 heavy (non-hydrogen) atoms. The number of nitrogens with one attached hydrogen (secondary N) is 1. The third-order valence-electron chi connectivity index (χ3n) is 9.21. The molecule has 1 saturated carbocycles. The molecule has 0 saturated heterocycles. The largest absolute Gasteiger partial charge is 0.481 e. The van der Waals surface area contributed by atoms with Crippen LogP contribution in [-0.4, -0.2) is 40.9 Å². The number of Topliss-reactive ketones (excluding diaryl/α,β-unsaturated/α-hetero) is 3. The van der Waals surface area contributed by atoms with Crippen LogP contribution in [0.15, 0.2) is 0 Å². The van der Waals surface area contributed by atoms with E-state index in [4.69, 9.17) is 0 Å². The Kier molecular flexibility index (Phi) is 22.9. The highest BCUT2D eigenvalue weighted by molar-refractivity contribution is 5.86. The Balaban J connectivity index is 1.93. The average molecular weight is 606 g/mol. The van der Waals surface area contributed by atoms with Crippen molar-refractivity contribution >= 4 is 29.2 Å². The minimum Gasteiger partial charge on any atom is -0.481 e. The predicted molar refractivity (Wildman–Crippen MR) is 173 cm³/mol. The Morgan fingerprint density at radius 2 is 1.02 bits per heavy atom. The summed E-state index contributed by atoms with van der Waals surface area (Å²) >= 11 is 0. The zero-order valence-corrected chi connectivity index (χ0v) is 27.6. The van der Waals surface area contributed by atoms with Gasteiger partial charge in [0.1, 0.15) is 17.3 Å². The van der Waals surface area contributed by atoms with Gasteiger partial charge in [0, 0.05) is 38.1 Å². The van der Waals surface area contributed by atoms with Crippen LogP contribution in [0.3, 0.4) is 0 Å². The molecule has 1 aliphatic carbocycles. The first kappa shape index (κ1) is 39.0. The van der Waals surface area contributed by atoms with E-state index in [1.54, 1.807) is 6.92 Å². The Bertz CT molecular complexity index is 802. The van der Waals surface area contributed by atoms with E-state index in [0.29, 0.717) is 24.7 Å². The predicted octanol–water partition coefficient (Wildman–Crippen LogP) is 8.55. The Hall–Kier alpha value is -2.05. The van der Waals surface area contributed by atoms with Gasteiger partial charge in [-0.3, -0.25) is 14.4 Å². The molecule has 0 aliphatic heterocycles. The topological polar surface area (TPSA) is 118 Å². The fourth-order valence-electron chi connectivity index (χ4n) is 6.27. The number of rotatable bonds is 28. The molecule has 2 N–H and O–H groups in total. The average Bonchev–Trinajstić information content (AvgIpc) is 2.97. The summed E-state index contributed by atoms with van der Waals surface area (Å²) in [4.78, 5) is 58.5. The standard InChI is InChI=1S/C36H63NO6/c1-29(38)19-17-15-13-11-9-7-5-3-4-6-8-10-12-14-16-18-20-35(41)37-28-31-22-25-32(26-23-31)34(40)27-33(36(42)43)24-21-30(2)39/h31-33H,3-28H2,1-2H3,(H,37,41)(H,42,43)/t31?,32?,33-/m1/s1. The summed E-state index contributed by atoms with van der Waals surface area (Å²) in [5, 5.41) is 12.5. The van der Waals surface area contributed by atoms with Crippen LogP contribution in [0, 0.1) is 17.8 Å². The van der Waals surface area contributed by atoms with Crippen molar-refractivity contribution in [3.8, 4) is 0 Å². The smallest absolute Gasteiger partial charge is 0.306 e. The third kappa shape index (κ3) is 22.2. The highest BCUT2D eigenvalue weighted by Gasteiger charge is 2.30. The maximum Gasteiger partial charge on any atom is 0.306 e. The molecular weight excluding hydrogens is 542 g/mol. The molecule has 1 amide bonds. The first-order chi connectivity index (χ1) is 20.7. The summed E-state index contributed by atoms with van der Waals surface area (Å²) in [6.45, 7) is 3.79. The van der Waals surface area contributed by atoms with Crippen LogP contribution in [0.4, 0.5) is 0 Å². The SMILES string of the molecule is CC(=O)CCCCCCCCCCCCCCCCCCC(=O)NCC1CCC(C(=O)C[C@@H](CCC(C)=O)C(=O)O)CC1. The van der Waals surface area contributed by atoms with E-state index in [1.165, 1.54) is 90.4 Å². The zero-order valence-electron chi connectivity index (χ0n) is 27.6. The van der Waals surface area contributed by atoms with Crippen LogP contribution in [0.25, 0.3) is 0 Å². The number of hydrogen-bond acceptors (Lipinski definition) is 5. The molecule has 248 valence electrons. The molecule has 0 bridgehead atoms. The Morgan fingerprint density at radius 1 is 0.605 bits per heavy atom. The lowest BCUT2D eigenvalue weighted by Gasteiger charge is -2.28. The Morgan fingerprint density at radius 3 is 1.44 bits per heavy atom. The van der Waals surface area contributed by atoms with E-state index in [-0.39, 0.29) is 42.7 Å². The molecule has 0 spiro atoms. The summed E-state index contributed by atoms with van der Waals surface area (Å²) in [5.41, 5.74) is 0. The van der Waals surface area contributed by atoms with Crippen LogP contribution < -0.4 is 5.32 Å². The second-order valence-corrected chi connectivity index (χ2v) is 13.3. The van der Waals surface area contributed by atoms with Gasteiger partial charge < -0.3 is 20.0 Å². The quantitative estimate of drug-likeness (QED) is 0.0863. The lowest BCUT2D eigenvalue weighted by atomic mass is 9.78. The van der Waals surface area contributed by atoms with E-state index in [1.807, 2.05) is 0 Å². The molecule has 0 radical (unpaired) electrons. The second-order valence-electron chi connectivity index (χ2n) is 13.3. The van der Waals surface area contributed by atoms with Crippen LogP contribution in [0.1, 0.15) is 174 Å². The van der Waals surface area contributed by atoms with Gasteiger partial charge in [-0.25, -0.2) is 0 Å². The molecule has 7 heteroatoms. The van der Waals surface area contributed by atoms with Crippen molar-refractivity contribution in [2.24, 2.45) is 17.8 Å². The summed E-state index contributed by atoms with van der Waals surface area (Å²) < 4.78 is 0. The Labute approximate surface area is 262 Å². The van der Waals surface area contributed by atoms with Crippen molar-refractivity contribution in [2.75, 3.05) is 6.54 Å². The van der Waals surface area contributed by atoms with Crippen molar-refractivity contribution < 1.29 is 29.1 Å². The molecule has 0 aromatic rings. The number of carboxylic acid groups (broad SMARTS) is 1. The third-order valence-corrected chi connectivity index (χ3v) is 9.21. The molecule has 0 heterocycles. The van der Waals surface area contributed by atoms with Crippen molar-refractivity contribution in [3.63, 3.8) is 0 Å². The van der Waals surface area contributed by atoms with Gasteiger partial charge in [0.15, 0.2) is 0 Å². The van der Waals surface area contributed by atoms with E-state index in [2.05, 4.69) is 5.32 Å². The maximum absolute atomic E-state index is 12.7. The number of hydrogen-bond donors (Lipinski definition) is 2. The molecule has 1 aliphatic rings. The lowest BCUT2D eigenvalue weighted by molar-refractivity contribution is -0.144. The number of amides is 1. The number of unbranched alkanes of at least 4 members (excludes halogenated alkanes) is 15. The van der Waals surface area contributed by atoms with Crippen LogP contribution >= 0.6 is 0 Å². The molecule has 0 aromatic carbocycles. The highest BCUT2D eigenvalue weighted by atomic mass is 16.4. The number of ketones is 3. The van der Waals surface area contributed by atoms with Gasteiger partial charge >= 0.3 is 5.97 Å². The van der Waals surface area contributed by atoms with E-state index < -0.39 is 11.9 Å². The first-order valence-corrected chi connectivity index (χ1v) is 17.7. The summed E-state index contributed by atoms with van der Waals surface area (Å²) in [5.74, 6) is -1.08. The molecule has 1 atom stereocenters. The first-order valence-electron chi connectivity index (χ1n) is 17.7. The number of carboxylic acids is 1. The monoisotopic (exact) mass is 605 g/mol. The molecule has 1 fully saturated rings. The summed E-state index contributed by atoms with van der Waals surface area (Å²) in [6, 6.07) is 0. The number of carbonyl (C=O) groups is 5. The minimum absolute atomic E-state index is 0.00919. The second kappa shape index (κ2) is 25.3. The maximum atomic E-state index is 12.7. The van der Waals surface area contributed by atoms with Gasteiger partial charge in [0.05, 0.1) is 5.92 Å². The number of carbonyl (C=O) groups excluding carboxylic acids is 4. The van der Waals surface area contributed by atoms with E-state index in [9.17, 15) is 29.1 Å². The van der Waals surface area contributed by atoms with Crippen LogP contribution in [0.5, 0.6) is 0 Å². The van der Waals surface area contributed by atoms with E-state index >= 15 is 0 Å². The van der Waals surface area contributed by atoms with Crippen molar-refractivity contribution in [3.05, 3.63) is 0 Å². The normalized spacial score (nSPS) is 17.3. The zero-order chi connectivity index (χ0) is 31.7. The van der Waals surface area contributed by atoms with Crippen molar-refractivity contribution in [1.82, 2.24) is 5.32 Å². The molecule has 0 unspecified atom stereocenters. The van der Waals surface area contributed by atoms with Gasteiger partial charge in [-0.1, -0.05) is 89.9 Å². The molecule has 7 nitrogen and oxygen atoms in total. The molecular formula is C36H63NO6. The fraction of sp³-hybridized carbons (Fsp3) is 0.861. The molecule has 0 aromatic heterocycles. The lowest BCUT2D eigenvalue weighted by Crippen LogP contribution is -2.33. The summed E-state index contributed by atoms with van der Waals surface area (Å²) in [6.07, 6.45) is 25.1. The van der Waals surface area contributed by atoms with Gasteiger partial charge in [-0.05, 0) is 64.7 Å². The highest BCUT2D eigenvalue weighted by Crippen LogP contribution is 2.31. The van der Waals surface area contributed by atoms with Crippen molar-refractivity contribution in [1.29, 1.82) is 0 Å². The van der Waals surface area contributed by atoms with Gasteiger partial charge in [-0.2, -0.15) is 0 Å². The van der Waals surface area contributed by atoms with Gasteiger partial charge in [0.25, 0.3) is 0 Å².